The van der Waals surface area contributed by atoms with Gasteiger partial charge in [0.05, 0.1) is 0 Å². The molecule has 0 aromatic carbocycles. The number of aliphatic hydroxyl groups excluding tert-OH is 2. The van der Waals surface area contributed by atoms with E-state index in [4.69, 9.17) is 15.9 Å². The maximum Gasteiger partial charge on any atom is 0.173 e. The van der Waals surface area contributed by atoms with Gasteiger partial charge in [0, 0.05) is 0 Å². The quantitative estimate of drug-likeness (QED) is 0.352. The molecule has 0 rings (SSSR count). The Morgan fingerprint density at radius 3 is 2.18 bits per heavy atom. The summed E-state index contributed by atoms with van der Waals surface area (Å²) in [5.41, 5.74) is 5.30. The molecule has 0 unspecified atom stereocenters. The van der Waals surface area contributed by atoms with E-state index in [9.17, 15) is 0 Å². The molecule has 0 aliphatic heterocycles. The Morgan fingerprint density at radius 2 is 1.91 bits per heavy atom. The lowest BCUT2D eigenvalue weighted by molar-refractivity contribution is -0.384. The van der Waals surface area contributed by atoms with Gasteiger partial charge in [-0.1, -0.05) is 0 Å². The third-order valence-corrected chi connectivity index (χ3v) is 0.857. The summed E-state index contributed by atoms with van der Waals surface area (Å²) in [5, 5.41) is 17.3. The number of nitrogens with zero attached hydrogens (tertiary/aromatic N) is 1. The van der Waals surface area contributed by atoms with Crippen molar-refractivity contribution in [3.63, 3.8) is 0 Å². The van der Waals surface area contributed by atoms with Crippen LogP contribution in [0.3, 0.4) is 0 Å². The maximum absolute atomic E-state index is 8.30. The highest BCUT2D eigenvalue weighted by atomic mass is 17.0. The molecule has 0 heterocycles. The van der Waals surface area contributed by atoms with Crippen LogP contribution in [-0.2, 0) is 9.68 Å². The van der Waals surface area contributed by atoms with Crippen LogP contribution in [0.25, 0.3) is 0 Å². The van der Waals surface area contributed by atoms with Crippen LogP contribution in [-0.4, -0.2) is 29.0 Å². The summed E-state index contributed by atoms with van der Waals surface area (Å²) in [6, 6.07) is 0. The molecule has 0 saturated heterocycles. The molecule has 0 radical (unpaired) electrons. The number of hydrogen-bond donors (Lipinski definition) is 3. The number of rotatable bonds is 5. The van der Waals surface area contributed by atoms with Gasteiger partial charge in [0.1, 0.15) is 0 Å². The molecule has 0 spiro atoms. The van der Waals surface area contributed by atoms with Crippen LogP contribution in [0.1, 0.15) is 6.92 Å². The lowest BCUT2D eigenvalue weighted by Gasteiger charge is -2.19. The van der Waals surface area contributed by atoms with Crippen LogP contribution in [0.15, 0.2) is 11.9 Å². The third-order valence-electron chi connectivity index (χ3n) is 0.857. The maximum atomic E-state index is 8.30. The first kappa shape index (κ1) is 10.2. The first-order valence-electron chi connectivity index (χ1n) is 2.95. The van der Waals surface area contributed by atoms with Gasteiger partial charge in [-0.05, 0) is 13.0 Å². The van der Waals surface area contributed by atoms with Gasteiger partial charge >= 0.3 is 0 Å². The topological polar surface area (TPSA) is 88.2 Å². The summed E-state index contributed by atoms with van der Waals surface area (Å²) in [4.78, 5) is 8.90. The minimum Gasteiger partial charge on any atom is -0.382 e. The fourth-order valence-electron chi connectivity index (χ4n) is 0.397. The van der Waals surface area contributed by atoms with E-state index < -0.39 is 13.6 Å². The third kappa shape index (κ3) is 3.79. The molecular formula is C5H12N2O4. The highest BCUT2D eigenvalue weighted by Crippen LogP contribution is 1.98. The number of hydrogen-bond acceptors (Lipinski definition) is 6. The van der Waals surface area contributed by atoms with Gasteiger partial charge in [-0.2, -0.15) is 0 Å². The largest absolute Gasteiger partial charge is 0.382 e. The lowest BCUT2D eigenvalue weighted by atomic mass is 10.6. The van der Waals surface area contributed by atoms with Crippen molar-refractivity contribution in [2.24, 2.45) is 5.73 Å². The van der Waals surface area contributed by atoms with E-state index in [1.54, 1.807) is 6.92 Å². The zero-order valence-corrected chi connectivity index (χ0v) is 6.23. The van der Waals surface area contributed by atoms with E-state index in [0.717, 1.165) is 5.23 Å². The minimum absolute atomic E-state index is 0.146. The van der Waals surface area contributed by atoms with Crippen molar-refractivity contribution < 1.29 is 19.9 Å². The monoisotopic (exact) mass is 164 g/mol. The molecule has 4 N–H and O–H groups in total. The van der Waals surface area contributed by atoms with E-state index >= 15 is 0 Å². The van der Waals surface area contributed by atoms with Gasteiger partial charge in [0.25, 0.3) is 0 Å². The molecule has 0 fully saturated rings. The van der Waals surface area contributed by atoms with Crippen molar-refractivity contribution in [2.45, 2.75) is 6.92 Å². The average molecular weight is 164 g/mol. The van der Waals surface area contributed by atoms with Crippen LogP contribution in [0.5, 0.6) is 0 Å². The highest BCUT2D eigenvalue weighted by molar-refractivity contribution is 4.86. The summed E-state index contributed by atoms with van der Waals surface area (Å²) in [6.07, 6.45) is 1.49. The van der Waals surface area contributed by atoms with Crippen molar-refractivity contribution in [1.29, 1.82) is 0 Å². The summed E-state index contributed by atoms with van der Waals surface area (Å²) >= 11 is 0. The zero-order valence-electron chi connectivity index (χ0n) is 6.23. The Morgan fingerprint density at radius 1 is 1.45 bits per heavy atom. The second-order valence-corrected chi connectivity index (χ2v) is 1.49. The fraction of sp³-hybridized carbons (Fsp3) is 0.600. The second-order valence-electron chi connectivity index (χ2n) is 1.49. The molecule has 66 valence electrons. The Labute approximate surface area is 64.3 Å². The van der Waals surface area contributed by atoms with Gasteiger partial charge in [0.2, 0.25) is 0 Å². The molecule has 11 heavy (non-hydrogen) atoms. The average Bonchev–Trinajstić information content (AvgIpc) is 2.03. The van der Waals surface area contributed by atoms with E-state index in [2.05, 4.69) is 9.68 Å². The number of aliphatic hydroxyl groups is 2. The molecule has 0 bridgehead atoms. The SMILES string of the molecule is CC=C(N)N(OCO)OCO. The zero-order chi connectivity index (χ0) is 8.69. The Kier molecular flexibility index (Phi) is 5.49. The molecule has 6 heteroatoms. The molecule has 0 atom stereocenters. The van der Waals surface area contributed by atoms with E-state index in [1.165, 1.54) is 6.08 Å². The van der Waals surface area contributed by atoms with Crippen LogP contribution in [0.4, 0.5) is 0 Å². The molecule has 0 aromatic rings. The molecule has 0 amide bonds. The van der Waals surface area contributed by atoms with E-state index in [-0.39, 0.29) is 5.82 Å². The highest BCUT2D eigenvalue weighted by Gasteiger charge is 2.04. The standard InChI is InChI=1S/C5H12N2O4/c1-2-5(6)7(10-3-8)11-4-9/h2,8-9H,3-4,6H2,1H3. The number of allylic oxidation sites excluding steroid dienone is 1. The Hall–Kier alpha value is -0.820. The molecule has 0 aromatic heterocycles. The first-order valence-corrected chi connectivity index (χ1v) is 2.95. The van der Waals surface area contributed by atoms with Crippen molar-refractivity contribution >= 4 is 0 Å². The number of hydroxylamine groups is 2. The van der Waals surface area contributed by atoms with Crippen LogP contribution >= 0.6 is 0 Å². The molecular weight excluding hydrogens is 152 g/mol. The summed E-state index contributed by atoms with van der Waals surface area (Å²) < 4.78 is 0. The van der Waals surface area contributed by atoms with Crippen LogP contribution in [0, 0.1) is 0 Å². The second kappa shape index (κ2) is 5.93. The summed E-state index contributed by atoms with van der Waals surface area (Å²) in [7, 11) is 0. The van der Waals surface area contributed by atoms with Crippen molar-refractivity contribution in [3.05, 3.63) is 11.9 Å². The predicted octanol–water partition coefficient (Wildman–Crippen LogP) is -1.13. The summed E-state index contributed by atoms with van der Waals surface area (Å²) in [6.45, 7) is 0.507. The van der Waals surface area contributed by atoms with Gasteiger partial charge in [-0.25, -0.2) is 9.68 Å². The van der Waals surface area contributed by atoms with Gasteiger partial charge < -0.3 is 15.9 Å². The number of nitrogens with two attached hydrogens (primary N) is 1. The molecule has 0 saturated carbocycles. The lowest BCUT2D eigenvalue weighted by Crippen LogP contribution is -2.29. The van der Waals surface area contributed by atoms with Crippen LogP contribution < -0.4 is 5.73 Å². The van der Waals surface area contributed by atoms with Gasteiger partial charge in [-0.15, -0.1) is 5.23 Å². The Balaban J connectivity index is 3.87. The Bertz CT molecular complexity index is 122. The first-order chi connectivity index (χ1) is 5.26. The van der Waals surface area contributed by atoms with Crippen LogP contribution in [0.2, 0.25) is 0 Å². The van der Waals surface area contributed by atoms with E-state index in [1.807, 2.05) is 0 Å². The molecule has 6 nitrogen and oxygen atoms in total. The van der Waals surface area contributed by atoms with Gasteiger partial charge in [0.15, 0.2) is 19.4 Å². The smallest absolute Gasteiger partial charge is 0.173 e. The summed E-state index contributed by atoms with van der Waals surface area (Å²) in [5.74, 6) is 0.146. The molecule has 0 aliphatic carbocycles. The van der Waals surface area contributed by atoms with Crippen molar-refractivity contribution in [3.8, 4) is 0 Å². The fourth-order valence-corrected chi connectivity index (χ4v) is 0.397. The minimum atomic E-state index is -0.575. The van der Waals surface area contributed by atoms with Crippen molar-refractivity contribution in [2.75, 3.05) is 13.6 Å². The van der Waals surface area contributed by atoms with Crippen molar-refractivity contribution in [1.82, 2.24) is 5.23 Å². The normalized spacial score (nSPS) is 11.7. The predicted molar refractivity (Wildman–Crippen MR) is 36.1 cm³/mol. The molecule has 0 aliphatic rings. The van der Waals surface area contributed by atoms with Gasteiger partial charge in [-0.3, -0.25) is 0 Å². The van der Waals surface area contributed by atoms with E-state index in [0.29, 0.717) is 0 Å².